The molecule has 7 N–H and O–H groups in total. The second-order valence-corrected chi connectivity index (χ2v) is 8.30. The van der Waals surface area contributed by atoms with Crippen LogP contribution in [0.5, 0.6) is 23.0 Å². The number of phenolic OH excluding ortho intramolecular Hbond substituents is 4. The van der Waals surface area contributed by atoms with Crippen LogP contribution in [-0.4, -0.2) is 51.7 Å². The SMILES string of the molecule is CC(CCc1ccc(O)cc1)NCCc1ccc(O)c(O)c1.CNC[C@H](O)c1cccc(O)c1. The van der Waals surface area contributed by atoms with Crippen LogP contribution < -0.4 is 10.6 Å². The molecule has 34 heavy (non-hydrogen) atoms. The van der Waals surface area contributed by atoms with Crippen LogP contribution in [0.3, 0.4) is 0 Å². The number of hydrogen-bond acceptors (Lipinski definition) is 7. The molecule has 184 valence electrons. The predicted octanol–water partition coefficient (Wildman–Crippen LogP) is 3.60. The van der Waals surface area contributed by atoms with Crippen molar-refractivity contribution in [3.8, 4) is 23.0 Å². The summed E-state index contributed by atoms with van der Waals surface area (Å²) in [7, 11) is 1.77. The normalized spacial score (nSPS) is 12.4. The molecule has 3 rings (SSSR count). The van der Waals surface area contributed by atoms with Crippen molar-refractivity contribution in [2.75, 3.05) is 20.1 Å². The van der Waals surface area contributed by atoms with Crippen LogP contribution in [0.15, 0.2) is 66.7 Å². The van der Waals surface area contributed by atoms with Crippen molar-refractivity contribution >= 4 is 0 Å². The molecule has 0 fully saturated rings. The van der Waals surface area contributed by atoms with Crippen molar-refractivity contribution in [3.05, 3.63) is 83.4 Å². The third-order valence-electron chi connectivity index (χ3n) is 5.40. The first-order valence-corrected chi connectivity index (χ1v) is 11.4. The first-order chi connectivity index (χ1) is 16.3. The van der Waals surface area contributed by atoms with Crippen molar-refractivity contribution in [1.29, 1.82) is 0 Å². The van der Waals surface area contributed by atoms with E-state index < -0.39 is 6.10 Å². The molecule has 0 saturated heterocycles. The number of aliphatic hydroxyl groups excluding tert-OH is 1. The van der Waals surface area contributed by atoms with E-state index in [1.54, 1.807) is 49.5 Å². The minimum Gasteiger partial charge on any atom is -0.508 e. The van der Waals surface area contributed by atoms with Crippen LogP contribution in [0.25, 0.3) is 0 Å². The third kappa shape index (κ3) is 9.70. The van der Waals surface area contributed by atoms with Gasteiger partial charge >= 0.3 is 0 Å². The van der Waals surface area contributed by atoms with E-state index in [1.807, 2.05) is 18.2 Å². The van der Waals surface area contributed by atoms with Gasteiger partial charge in [0, 0.05) is 12.6 Å². The maximum atomic E-state index is 9.47. The van der Waals surface area contributed by atoms with E-state index in [9.17, 15) is 20.4 Å². The summed E-state index contributed by atoms with van der Waals surface area (Å²) in [5, 5.41) is 52.8. The number of rotatable bonds is 10. The van der Waals surface area contributed by atoms with Crippen LogP contribution in [0, 0.1) is 0 Å². The lowest BCUT2D eigenvalue weighted by molar-refractivity contribution is 0.177. The van der Waals surface area contributed by atoms with Crippen molar-refractivity contribution < 1.29 is 25.5 Å². The second kappa shape index (κ2) is 14.1. The Morgan fingerprint density at radius 3 is 2.12 bits per heavy atom. The molecule has 0 saturated carbocycles. The first kappa shape index (κ1) is 27.0. The number of hydrogen-bond donors (Lipinski definition) is 7. The highest BCUT2D eigenvalue weighted by Crippen LogP contribution is 2.25. The second-order valence-electron chi connectivity index (χ2n) is 8.30. The summed E-state index contributed by atoms with van der Waals surface area (Å²) in [6.45, 7) is 3.46. The zero-order chi connectivity index (χ0) is 24.9. The molecule has 0 amide bonds. The fourth-order valence-electron chi connectivity index (χ4n) is 3.38. The van der Waals surface area contributed by atoms with Gasteiger partial charge in [-0.1, -0.05) is 30.3 Å². The van der Waals surface area contributed by atoms with Gasteiger partial charge in [-0.3, -0.25) is 0 Å². The number of aryl methyl sites for hydroxylation is 1. The van der Waals surface area contributed by atoms with Crippen molar-refractivity contribution in [1.82, 2.24) is 10.6 Å². The Morgan fingerprint density at radius 2 is 1.47 bits per heavy atom. The molecular weight excluding hydrogens is 432 g/mol. The maximum Gasteiger partial charge on any atom is 0.157 e. The van der Waals surface area contributed by atoms with Gasteiger partial charge in [0.2, 0.25) is 0 Å². The number of likely N-dealkylation sites (N-methyl/N-ethyl adjacent to an activating group) is 1. The van der Waals surface area contributed by atoms with Crippen LogP contribution >= 0.6 is 0 Å². The van der Waals surface area contributed by atoms with E-state index >= 15 is 0 Å². The lowest BCUT2D eigenvalue weighted by Crippen LogP contribution is -2.28. The molecule has 3 aromatic carbocycles. The van der Waals surface area contributed by atoms with Gasteiger partial charge < -0.3 is 36.2 Å². The summed E-state index contributed by atoms with van der Waals surface area (Å²) in [5.41, 5.74) is 2.94. The maximum absolute atomic E-state index is 9.47. The molecule has 2 atom stereocenters. The molecule has 0 aromatic heterocycles. The van der Waals surface area contributed by atoms with Crippen molar-refractivity contribution in [2.24, 2.45) is 0 Å². The Balaban J connectivity index is 0.000000287. The van der Waals surface area contributed by atoms with Gasteiger partial charge in [0.25, 0.3) is 0 Å². The molecule has 0 heterocycles. The van der Waals surface area contributed by atoms with Crippen LogP contribution in [0.2, 0.25) is 0 Å². The molecule has 0 aliphatic rings. The first-order valence-electron chi connectivity index (χ1n) is 11.4. The number of aromatic hydroxyl groups is 4. The molecule has 0 spiro atoms. The average molecular weight is 469 g/mol. The Labute approximate surface area is 201 Å². The Hall–Kier alpha value is -3.26. The van der Waals surface area contributed by atoms with Gasteiger partial charge in [-0.15, -0.1) is 0 Å². The minimum atomic E-state index is -0.554. The highest BCUT2D eigenvalue weighted by atomic mass is 16.3. The van der Waals surface area contributed by atoms with Crippen LogP contribution in [0.1, 0.15) is 36.1 Å². The van der Waals surface area contributed by atoms with Gasteiger partial charge in [-0.25, -0.2) is 0 Å². The fourth-order valence-corrected chi connectivity index (χ4v) is 3.38. The smallest absolute Gasteiger partial charge is 0.157 e. The number of aliphatic hydroxyl groups is 1. The summed E-state index contributed by atoms with van der Waals surface area (Å²) in [6.07, 6.45) is 2.24. The molecule has 7 nitrogen and oxygen atoms in total. The van der Waals surface area contributed by atoms with E-state index in [0.29, 0.717) is 18.3 Å². The van der Waals surface area contributed by atoms with Gasteiger partial charge in [-0.2, -0.15) is 0 Å². The van der Waals surface area contributed by atoms with Crippen LogP contribution in [-0.2, 0) is 12.8 Å². The number of phenols is 4. The molecule has 0 aliphatic heterocycles. The largest absolute Gasteiger partial charge is 0.508 e. The molecule has 7 heteroatoms. The number of nitrogens with one attached hydrogen (secondary N) is 2. The quantitative estimate of drug-likeness (QED) is 0.227. The average Bonchev–Trinajstić information content (AvgIpc) is 2.81. The molecule has 0 bridgehead atoms. The number of benzene rings is 3. The molecule has 3 aromatic rings. The molecule has 0 radical (unpaired) electrons. The summed E-state index contributed by atoms with van der Waals surface area (Å²) in [5.74, 6) is 0.326. The lowest BCUT2D eigenvalue weighted by Gasteiger charge is -2.14. The minimum absolute atomic E-state index is 0.0714. The topological polar surface area (TPSA) is 125 Å². The van der Waals surface area contributed by atoms with E-state index in [4.69, 9.17) is 5.11 Å². The van der Waals surface area contributed by atoms with Gasteiger partial charge in [0.05, 0.1) is 6.10 Å². The monoisotopic (exact) mass is 468 g/mol. The standard InChI is InChI=1S/C18H23NO3.C9H13NO2/c1-13(2-3-14-4-7-16(20)8-5-14)19-11-10-15-6-9-17(21)18(22)12-15;1-10-6-9(12)7-3-2-4-8(11)5-7/h4-9,12-13,19-22H,2-3,10-11H2,1H3;2-5,9-12H,6H2,1H3/t;9-/m.0/s1. The Kier molecular flexibility index (Phi) is 11.2. The van der Waals surface area contributed by atoms with Gasteiger partial charge in [-0.05, 0) is 92.9 Å². The molecule has 0 aliphatic carbocycles. The van der Waals surface area contributed by atoms with Gasteiger partial charge in [0.1, 0.15) is 11.5 Å². The fraction of sp³-hybridized carbons (Fsp3) is 0.333. The molecule has 1 unspecified atom stereocenters. The summed E-state index contributed by atoms with van der Waals surface area (Å²) in [4.78, 5) is 0. The summed E-state index contributed by atoms with van der Waals surface area (Å²) < 4.78 is 0. The Bertz CT molecular complexity index is 995. The van der Waals surface area contributed by atoms with Gasteiger partial charge in [0.15, 0.2) is 11.5 Å². The van der Waals surface area contributed by atoms with Crippen LogP contribution in [0.4, 0.5) is 0 Å². The predicted molar refractivity (Wildman–Crippen MR) is 134 cm³/mol. The summed E-state index contributed by atoms with van der Waals surface area (Å²) >= 11 is 0. The lowest BCUT2D eigenvalue weighted by atomic mass is 10.1. The molecular formula is C27H36N2O5. The van der Waals surface area contributed by atoms with Crippen molar-refractivity contribution in [3.63, 3.8) is 0 Å². The van der Waals surface area contributed by atoms with E-state index in [1.165, 1.54) is 11.6 Å². The van der Waals surface area contributed by atoms with E-state index in [0.717, 1.165) is 36.9 Å². The Morgan fingerprint density at radius 1 is 0.765 bits per heavy atom. The van der Waals surface area contributed by atoms with E-state index in [-0.39, 0.29) is 17.2 Å². The third-order valence-corrected chi connectivity index (χ3v) is 5.40. The summed E-state index contributed by atoms with van der Waals surface area (Å²) in [6, 6.07) is 19.3. The highest BCUT2D eigenvalue weighted by Gasteiger charge is 2.06. The van der Waals surface area contributed by atoms with E-state index in [2.05, 4.69) is 17.6 Å². The zero-order valence-electron chi connectivity index (χ0n) is 19.8. The van der Waals surface area contributed by atoms with Crippen molar-refractivity contribution in [2.45, 2.75) is 38.3 Å². The zero-order valence-corrected chi connectivity index (χ0v) is 19.8. The highest BCUT2D eigenvalue weighted by molar-refractivity contribution is 5.40.